The van der Waals surface area contributed by atoms with Crippen LogP contribution in [0, 0.1) is 17.7 Å². The van der Waals surface area contributed by atoms with Gasteiger partial charge in [0.15, 0.2) is 0 Å². The summed E-state index contributed by atoms with van der Waals surface area (Å²) in [5.74, 6) is 2.11. The highest BCUT2D eigenvalue weighted by atomic mass is 19.1. The van der Waals surface area contributed by atoms with Gasteiger partial charge in [-0.15, -0.1) is 0 Å². The first-order valence-electron chi connectivity index (χ1n) is 10.3. The average Bonchev–Trinajstić information content (AvgIpc) is 3.33. The van der Waals surface area contributed by atoms with Crippen molar-refractivity contribution < 1.29 is 4.39 Å². The Morgan fingerprint density at radius 2 is 1.79 bits per heavy atom. The fraction of sp³-hybridized carbons (Fsp3) is 0.500. The van der Waals surface area contributed by atoms with Gasteiger partial charge in [-0.3, -0.25) is 4.90 Å². The summed E-state index contributed by atoms with van der Waals surface area (Å²) in [7, 11) is 0. The van der Waals surface area contributed by atoms with E-state index >= 15 is 0 Å². The van der Waals surface area contributed by atoms with Gasteiger partial charge in [0.05, 0.1) is 11.4 Å². The Hall–Kier alpha value is -2.54. The van der Waals surface area contributed by atoms with Crippen molar-refractivity contribution in [2.45, 2.75) is 32.7 Å². The maximum Gasteiger partial charge on any atom is 0.139 e. The lowest BCUT2D eigenvalue weighted by Gasteiger charge is -2.24. The molecule has 2 atom stereocenters. The van der Waals surface area contributed by atoms with Gasteiger partial charge in [0.2, 0.25) is 0 Å². The first-order chi connectivity index (χ1) is 13.8. The minimum atomic E-state index is -0.239. The molecule has 0 spiro atoms. The lowest BCUT2D eigenvalue weighted by Crippen LogP contribution is -2.29. The Balaban J connectivity index is 1.24. The van der Waals surface area contributed by atoms with E-state index in [1.165, 1.54) is 12.3 Å². The normalized spacial score (nSPS) is 22.6. The zero-order valence-corrected chi connectivity index (χ0v) is 17.2. The van der Waals surface area contributed by atoms with Crippen molar-refractivity contribution in [2.75, 3.05) is 31.1 Å². The van der Waals surface area contributed by atoms with Crippen LogP contribution in [0.1, 0.15) is 32.2 Å². The standard InChI is InChI=1S/C22H27FN6/c1-22(2,3)19-6-21(25-14-24-19)28-9-15-7-27(8-16(15)10-28)12-18-13-29-11-17(23)4-5-20(29)26-18/h4-6,11,13-16H,7-10,12H2,1-3H3. The molecule has 2 fully saturated rings. The molecule has 0 aliphatic carbocycles. The van der Waals surface area contributed by atoms with E-state index in [9.17, 15) is 4.39 Å². The van der Waals surface area contributed by atoms with Gasteiger partial charge in [-0.2, -0.15) is 0 Å². The number of pyridine rings is 1. The largest absolute Gasteiger partial charge is 0.356 e. The van der Waals surface area contributed by atoms with Crippen molar-refractivity contribution in [1.29, 1.82) is 0 Å². The maximum atomic E-state index is 13.4. The van der Waals surface area contributed by atoms with Crippen molar-refractivity contribution >= 4 is 11.5 Å². The maximum absolute atomic E-state index is 13.4. The molecule has 0 N–H and O–H groups in total. The van der Waals surface area contributed by atoms with Crippen LogP contribution < -0.4 is 4.90 Å². The number of halogens is 1. The van der Waals surface area contributed by atoms with E-state index in [4.69, 9.17) is 0 Å². The van der Waals surface area contributed by atoms with Crippen LogP contribution in [0.25, 0.3) is 5.65 Å². The number of hydrogen-bond donors (Lipinski definition) is 0. The number of anilines is 1. The Morgan fingerprint density at radius 1 is 1.03 bits per heavy atom. The third-order valence-corrected chi connectivity index (χ3v) is 6.16. The van der Waals surface area contributed by atoms with Gasteiger partial charge in [0, 0.05) is 56.6 Å². The van der Waals surface area contributed by atoms with Crippen molar-refractivity contribution in [3.63, 3.8) is 0 Å². The SMILES string of the molecule is CC(C)(C)c1cc(N2CC3CN(Cc4cn5cc(F)ccc5n4)CC3C2)ncn1. The Labute approximate surface area is 170 Å². The van der Waals surface area contributed by atoms with Gasteiger partial charge in [0.1, 0.15) is 23.6 Å². The third-order valence-electron chi connectivity index (χ3n) is 6.16. The number of nitrogens with zero attached hydrogens (tertiary/aromatic N) is 6. The Bertz CT molecular complexity index is 1030. The molecule has 3 aromatic rings. The van der Waals surface area contributed by atoms with Crippen LogP contribution >= 0.6 is 0 Å². The molecule has 2 unspecified atom stereocenters. The van der Waals surface area contributed by atoms with Crippen LogP contribution in [0.15, 0.2) is 36.9 Å². The number of hydrogen-bond acceptors (Lipinski definition) is 5. The summed E-state index contributed by atoms with van der Waals surface area (Å²) in [5, 5.41) is 0. The van der Waals surface area contributed by atoms with Gasteiger partial charge in [0.25, 0.3) is 0 Å². The molecule has 3 aromatic heterocycles. The molecule has 2 aliphatic rings. The Morgan fingerprint density at radius 3 is 2.52 bits per heavy atom. The van der Waals surface area contributed by atoms with Gasteiger partial charge in [-0.05, 0) is 24.0 Å². The number of imidazole rings is 1. The van der Waals surface area contributed by atoms with Crippen LogP contribution in [-0.4, -0.2) is 50.4 Å². The molecule has 29 heavy (non-hydrogen) atoms. The molecule has 0 radical (unpaired) electrons. The molecule has 5 heterocycles. The van der Waals surface area contributed by atoms with E-state index in [-0.39, 0.29) is 11.2 Å². The highest BCUT2D eigenvalue weighted by Crippen LogP contribution is 2.34. The van der Waals surface area contributed by atoms with E-state index in [1.807, 2.05) is 6.20 Å². The van der Waals surface area contributed by atoms with E-state index in [0.29, 0.717) is 11.8 Å². The van der Waals surface area contributed by atoms with Crippen LogP contribution in [0.3, 0.4) is 0 Å². The second-order valence-corrected chi connectivity index (χ2v) is 9.48. The molecular formula is C22H27FN6. The van der Waals surface area contributed by atoms with Gasteiger partial charge < -0.3 is 9.30 Å². The number of fused-ring (bicyclic) bond motifs is 2. The van der Waals surface area contributed by atoms with Crippen molar-refractivity contribution in [2.24, 2.45) is 11.8 Å². The summed E-state index contributed by atoms with van der Waals surface area (Å²) < 4.78 is 15.2. The first kappa shape index (κ1) is 18.5. The number of likely N-dealkylation sites (tertiary alicyclic amines) is 1. The van der Waals surface area contributed by atoms with Crippen LogP contribution in [0.5, 0.6) is 0 Å². The first-order valence-corrected chi connectivity index (χ1v) is 10.3. The molecule has 5 rings (SSSR count). The van der Waals surface area contributed by atoms with Crippen molar-refractivity contribution in [3.8, 4) is 0 Å². The van der Waals surface area contributed by atoms with Gasteiger partial charge >= 0.3 is 0 Å². The zero-order chi connectivity index (χ0) is 20.2. The van der Waals surface area contributed by atoms with Crippen molar-refractivity contribution in [1.82, 2.24) is 24.3 Å². The van der Waals surface area contributed by atoms with Crippen LogP contribution in [-0.2, 0) is 12.0 Å². The second-order valence-electron chi connectivity index (χ2n) is 9.48. The van der Waals surface area contributed by atoms with Gasteiger partial charge in [-0.25, -0.2) is 19.3 Å². The quantitative estimate of drug-likeness (QED) is 0.683. The zero-order valence-electron chi connectivity index (χ0n) is 17.2. The summed E-state index contributed by atoms with van der Waals surface area (Å²) >= 11 is 0. The smallest absolute Gasteiger partial charge is 0.139 e. The molecule has 0 amide bonds. The molecule has 0 bridgehead atoms. The minimum absolute atomic E-state index is 0.0289. The summed E-state index contributed by atoms with van der Waals surface area (Å²) in [5.41, 5.74) is 2.91. The summed E-state index contributed by atoms with van der Waals surface area (Å²) in [4.78, 5) is 18.5. The topological polar surface area (TPSA) is 49.6 Å². The molecule has 2 saturated heterocycles. The summed E-state index contributed by atoms with van der Waals surface area (Å²) in [6, 6.07) is 5.33. The predicted octanol–water partition coefficient (Wildman–Crippen LogP) is 3.13. The predicted molar refractivity (Wildman–Crippen MR) is 110 cm³/mol. The molecule has 152 valence electrons. The summed E-state index contributed by atoms with van der Waals surface area (Å²) in [6.45, 7) is 11.6. The lowest BCUT2D eigenvalue weighted by molar-refractivity contribution is 0.305. The third kappa shape index (κ3) is 3.59. The fourth-order valence-electron chi connectivity index (χ4n) is 4.66. The second kappa shape index (κ2) is 6.76. The number of rotatable bonds is 3. The van der Waals surface area contributed by atoms with Crippen molar-refractivity contribution in [3.05, 3.63) is 54.1 Å². The monoisotopic (exact) mass is 394 g/mol. The molecule has 2 aliphatic heterocycles. The average molecular weight is 394 g/mol. The molecule has 6 nitrogen and oxygen atoms in total. The highest BCUT2D eigenvalue weighted by molar-refractivity contribution is 5.42. The molecular weight excluding hydrogens is 367 g/mol. The van der Waals surface area contributed by atoms with Gasteiger partial charge in [-0.1, -0.05) is 20.8 Å². The minimum Gasteiger partial charge on any atom is -0.356 e. The molecule has 0 saturated carbocycles. The molecule has 7 heteroatoms. The highest BCUT2D eigenvalue weighted by Gasteiger charge is 2.40. The Kier molecular flexibility index (Phi) is 4.31. The van der Waals surface area contributed by atoms with E-state index in [1.54, 1.807) is 16.8 Å². The van der Waals surface area contributed by atoms with Crippen LogP contribution in [0.2, 0.25) is 0 Å². The number of aromatic nitrogens is 4. The summed E-state index contributed by atoms with van der Waals surface area (Å²) in [6.07, 6.45) is 5.12. The van der Waals surface area contributed by atoms with E-state index < -0.39 is 0 Å². The van der Waals surface area contributed by atoms with E-state index in [0.717, 1.165) is 55.6 Å². The fourth-order valence-corrected chi connectivity index (χ4v) is 4.66. The van der Waals surface area contributed by atoms with E-state index in [2.05, 4.69) is 51.6 Å². The lowest BCUT2D eigenvalue weighted by atomic mass is 9.92. The van der Waals surface area contributed by atoms with Crippen LogP contribution in [0.4, 0.5) is 10.2 Å². The molecule has 0 aromatic carbocycles.